The van der Waals surface area contributed by atoms with Gasteiger partial charge in [-0.15, -0.1) is 0 Å². The predicted octanol–water partition coefficient (Wildman–Crippen LogP) is 2.29. The van der Waals surface area contributed by atoms with Crippen LogP contribution >= 0.6 is 0 Å². The molecule has 0 fully saturated rings. The van der Waals surface area contributed by atoms with Gasteiger partial charge in [-0.05, 0) is 18.6 Å². The summed E-state index contributed by atoms with van der Waals surface area (Å²) in [6.07, 6.45) is 3.32. The Kier molecular flexibility index (Phi) is 4.11. The number of nitrogens with one attached hydrogen (secondary N) is 1. The highest BCUT2D eigenvalue weighted by atomic mass is 16.1. The molecule has 0 bridgehead atoms. The first-order chi connectivity index (χ1) is 7.54. The quantitative estimate of drug-likeness (QED) is 0.621. The van der Waals surface area contributed by atoms with Gasteiger partial charge in [-0.25, -0.2) is 0 Å². The van der Waals surface area contributed by atoms with Crippen LogP contribution in [0.5, 0.6) is 0 Å². The fourth-order valence-corrected chi connectivity index (χ4v) is 1.36. The number of allylic oxidation sites excluding steroid dienone is 1. The van der Waals surface area contributed by atoms with Crippen molar-refractivity contribution in [2.75, 3.05) is 26.5 Å². The SMILES string of the molecule is CNc1cc(C(=O)/C=C/N(C)C)ccc1C. The maximum absolute atomic E-state index is 11.8. The van der Waals surface area contributed by atoms with E-state index in [-0.39, 0.29) is 5.78 Å². The zero-order valence-electron chi connectivity index (χ0n) is 10.2. The molecular weight excluding hydrogens is 200 g/mol. The van der Waals surface area contributed by atoms with Gasteiger partial charge in [-0.1, -0.05) is 12.1 Å². The number of hydrogen-bond donors (Lipinski definition) is 1. The third kappa shape index (κ3) is 3.12. The molecule has 3 nitrogen and oxygen atoms in total. The molecule has 0 atom stereocenters. The van der Waals surface area contributed by atoms with E-state index in [0.29, 0.717) is 5.56 Å². The largest absolute Gasteiger partial charge is 0.388 e. The van der Waals surface area contributed by atoms with Gasteiger partial charge in [0.25, 0.3) is 0 Å². The Bertz CT molecular complexity index is 408. The van der Waals surface area contributed by atoms with Gasteiger partial charge in [-0.3, -0.25) is 4.79 Å². The number of aryl methyl sites for hydroxylation is 1. The zero-order valence-corrected chi connectivity index (χ0v) is 10.2. The van der Waals surface area contributed by atoms with Crippen LogP contribution in [0.25, 0.3) is 0 Å². The summed E-state index contributed by atoms with van der Waals surface area (Å²) in [6, 6.07) is 5.67. The van der Waals surface area contributed by atoms with Crippen LogP contribution < -0.4 is 5.32 Å². The first kappa shape index (κ1) is 12.3. The fourth-order valence-electron chi connectivity index (χ4n) is 1.36. The molecule has 0 saturated heterocycles. The van der Waals surface area contributed by atoms with Crippen LogP contribution in [0.3, 0.4) is 0 Å². The smallest absolute Gasteiger partial charge is 0.187 e. The summed E-state index contributed by atoms with van der Waals surface area (Å²) in [5.41, 5.74) is 2.83. The lowest BCUT2D eigenvalue weighted by atomic mass is 10.1. The molecule has 0 radical (unpaired) electrons. The predicted molar refractivity (Wildman–Crippen MR) is 67.9 cm³/mol. The van der Waals surface area contributed by atoms with Crippen LogP contribution in [0.2, 0.25) is 0 Å². The van der Waals surface area contributed by atoms with Crippen molar-refractivity contribution < 1.29 is 4.79 Å². The van der Waals surface area contributed by atoms with Crippen molar-refractivity contribution >= 4 is 11.5 Å². The van der Waals surface area contributed by atoms with Gasteiger partial charge in [0, 0.05) is 44.7 Å². The molecule has 1 rings (SSSR count). The maximum atomic E-state index is 11.8. The van der Waals surface area contributed by atoms with Crippen LogP contribution in [0.15, 0.2) is 30.5 Å². The molecule has 0 aliphatic carbocycles. The standard InChI is InChI=1S/C13H18N2O/c1-10-5-6-11(9-12(10)14-2)13(16)7-8-15(3)4/h5-9,14H,1-4H3/b8-7+. The van der Waals surface area contributed by atoms with Crippen molar-refractivity contribution in [2.45, 2.75) is 6.92 Å². The summed E-state index contributed by atoms with van der Waals surface area (Å²) in [7, 11) is 5.63. The Labute approximate surface area is 96.8 Å². The normalized spacial score (nSPS) is 10.5. The van der Waals surface area contributed by atoms with Gasteiger partial charge in [0.05, 0.1) is 0 Å². The number of benzene rings is 1. The van der Waals surface area contributed by atoms with E-state index in [4.69, 9.17) is 0 Å². The molecule has 0 saturated carbocycles. The molecule has 86 valence electrons. The molecular formula is C13H18N2O. The third-order valence-electron chi connectivity index (χ3n) is 2.32. The second-order valence-corrected chi connectivity index (χ2v) is 3.92. The van der Waals surface area contributed by atoms with Crippen molar-refractivity contribution in [3.05, 3.63) is 41.6 Å². The van der Waals surface area contributed by atoms with Gasteiger partial charge in [-0.2, -0.15) is 0 Å². The van der Waals surface area contributed by atoms with E-state index >= 15 is 0 Å². The summed E-state index contributed by atoms with van der Waals surface area (Å²) in [6.45, 7) is 2.01. The molecule has 3 heteroatoms. The van der Waals surface area contributed by atoms with Crippen molar-refractivity contribution in [2.24, 2.45) is 0 Å². The third-order valence-corrected chi connectivity index (χ3v) is 2.32. The molecule has 1 aromatic carbocycles. The lowest BCUT2D eigenvalue weighted by Crippen LogP contribution is -2.03. The zero-order chi connectivity index (χ0) is 12.1. The molecule has 0 unspecified atom stereocenters. The topological polar surface area (TPSA) is 32.3 Å². The Hall–Kier alpha value is -1.77. The van der Waals surface area contributed by atoms with Crippen LogP contribution in [-0.2, 0) is 0 Å². The van der Waals surface area contributed by atoms with Gasteiger partial charge >= 0.3 is 0 Å². The minimum atomic E-state index is 0.0187. The van der Waals surface area contributed by atoms with Gasteiger partial charge in [0.15, 0.2) is 5.78 Å². The molecule has 1 N–H and O–H groups in total. The second kappa shape index (κ2) is 5.35. The first-order valence-electron chi connectivity index (χ1n) is 5.22. The van der Waals surface area contributed by atoms with Crippen molar-refractivity contribution in [1.82, 2.24) is 4.90 Å². The summed E-state index contributed by atoms with van der Waals surface area (Å²) in [4.78, 5) is 13.6. The molecule has 16 heavy (non-hydrogen) atoms. The van der Waals surface area contributed by atoms with E-state index in [9.17, 15) is 4.79 Å². The summed E-state index contributed by atoms with van der Waals surface area (Å²) < 4.78 is 0. The van der Waals surface area contributed by atoms with E-state index in [1.165, 1.54) is 0 Å². The lowest BCUT2D eigenvalue weighted by molar-refractivity contribution is 0.104. The highest BCUT2D eigenvalue weighted by Crippen LogP contribution is 2.16. The van der Waals surface area contributed by atoms with Gasteiger partial charge < -0.3 is 10.2 Å². The molecule has 0 amide bonds. The number of hydrogen-bond acceptors (Lipinski definition) is 3. The van der Waals surface area contributed by atoms with E-state index in [2.05, 4.69) is 5.32 Å². The highest BCUT2D eigenvalue weighted by molar-refractivity contribution is 6.05. The van der Waals surface area contributed by atoms with Crippen LogP contribution in [0, 0.1) is 6.92 Å². The minimum absolute atomic E-state index is 0.0187. The molecule has 0 spiro atoms. The molecule has 1 aromatic rings. The minimum Gasteiger partial charge on any atom is -0.388 e. The average molecular weight is 218 g/mol. The Morgan fingerprint density at radius 2 is 2.06 bits per heavy atom. The first-order valence-corrected chi connectivity index (χ1v) is 5.22. The Morgan fingerprint density at radius 3 is 2.62 bits per heavy atom. The van der Waals surface area contributed by atoms with E-state index in [0.717, 1.165) is 11.3 Å². The maximum Gasteiger partial charge on any atom is 0.187 e. The molecule has 0 aromatic heterocycles. The number of carbonyl (C=O) groups excluding carboxylic acids is 1. The Morgan fingerprint density at radius 1 is 1.38 bits per heavy atom. The van der Waals surface area contributed by atoms with Crippen molar-refractivity contribution in [3.63, 3.8) is 0 Å². The molecule has 0 aliphatic rings. The van der Waals surface area contributed by atoms with E-state index < -0.39 is 0 Å². The van der Waals surface area contributed by atoms with E-state index in [1.54, 1.807) is 12.3 Å². The van der Waals surface area contributed by atoms with Crippen molar-refractivity contribution in [1.29, 1.82) is 0 Å². The van der Waals surface area contributed by atoms with Crippen LogP contribution in [0.4, 0.5) is 5.69 Å². The Balaban J connectivity index is 2.92. The van der Waals surface area contributed by atoms with Gasteiger partial charge in [0.1, 0.15) is 0 Å². The van der Waals surface area contributed by atoms with E-state index in [1.807, 2.05) is 51.2 Å². The summed E-state index contributed by atoms with van der Waals surface area (Å²) >= 11 is 0. The van der Waals surface area contributed by atoms with Crippen LogP contribution in [-0.4, -0.2) is 31.8 Å². The van der Waals surface area contributed by atoms with Crippen LogP contribution in [0.1, 0.15) is 15.9 Å². The number of ketones is 1. The monoisotopic (exact) mass is 218 g/mol. The fraction of sp³-hybridized carbons (Fsp3) is 0.308. The van der Waals surface area contributed by atoms with Gasteiger partial charge in [0.2, 0.25) is 0 Å². The summed E-state index contributed by atoms with van der Waals surface area (Å²) in [5, 5.41) is 3.07. The molecule has 0 aliphatic heterocycles. The van der Waals surface area contributed by atoms with Crippen molar-refractivity contribution in [3.8, 4) is 0 Å². The number of rotatable bonds is 4. The lowest BCUT2D eigenvalue weighted by Gasteiger charge is -2.07. The number of carbonyl (C=O) groups is 1. The molecule has 0 heterocycles. The average Bonchev–Trinajstić information content (AvgIpc) is 2.26. The number of nitrogens with zero attached hydrogens (tertiary/aromatic N) is 1. The second-order valence-electron chi connectivity index (χ2n) is 3.92. The number of anilines is 1. The summed E-state index contributed by atoms with van der Waals surface area (Å²) in [5.74, 6) is 0.0187. The highest BCUT2D eigenvalue weighted by Gasteiger charge is 2.04.